The van der Waals surface area contributed by atoms with Crippen LogP contribution in [0, 0.1) is 6.92 Å². The second-order valence-corrected chi connectivity index (χ2v) is 6.02. The largest absolute Gasteiger partial charge is 0.389 e. The molecule has 0 N–H and O–H groups in total. The van der Waals surface area contributed by atoms with Gasteiger partial charge >= 0.3 is 6.18 Å². The van der Waals surface area contributed by atoms with E-state index in [2.05, 4.69) is 4.98 Å². The Morgan fingerprint density at radius 2 is 1.84 bits per heavy atom. The van der Waals surface area contributed by atoms with Gasteiger partial charge in [0, 0.05) is 24.5 Å². The summed E-state index contributed by atoms with van der Waals surface area (Å²) in [6.45, 7) is 3.05. The molecule has 1 heterocycles. The molecule has 7 heteroatoms. The summed E-state index contributed by atoms with van der Waals surface area (Å²) >= 11 is 0. The number of carbonyl (C=O) groups is 1. The van der Waals surface area contributed by atoms with Crippen molar-refractivity contribution in [2.45, 2.75) is 45.8 Å². The normalized spacial score (nSPS) is 11.6. The molecule has 0 spiro atoms. The van der Waals surface area contributed by atoms with E-state index in [0.717, 1.165) is 10.1 Å². The Morgan fingerprint density at radius 1 is 1.20 bits per heavy atom. The maximum atomic E-state index is 12.4. The minimum atomic E-state index is -4.26. The molecule has 4 nitrogen and oxygen atoms in total. The predicted molar refractivity (Wildman–Crippen MR) is 88.3 cm³/mol. The first-order valence-corrected chi connectivity index (χ1v) is 7.90. The van der Waals surface area contributed by atoms with Crippen LogP contribution in [0.15, 0.2) is 35.1 Å². The van der Waals surface area contributed by atoms with Gasteiger partial charge < -0.3 is 0 Å². The van der Waals surface area contributed by atoms with E-state index in [4.69, 9.17) is 0 Å². The van der Waals surface area contributed by atoms with Crippen LogP contribution in [-0.4, -0.2) is 21.5 Å². The minimum Gasteiger partial charge on any atom is -0.298 e. The van der Waals surface area contributed by atoms with Crippen LogP contribution in [0.4, 0.5) is 13.2 Å². The molecule has 1 aromatic heterocycles. The fraction of sp³-hybridized carbons (Fsp3) is 0.389. The Balaban J connectivity index is 2.39. The molecule has 0 bridgehead atoms. The van der Waals surface area contributed by atoms with Gasteiger partial charge in [-0.3, -0.25) is 14.2 Å². The maximum Gasteiger partial charge on any atom is 0.389 e. The number of rotatable bonds is 6. The number of hydrogen-bond donors (Lipinski definition) is 0. The monoisotopic (exact) mass is 352 g/mol. The van der Waals surface area contributed by atoms with Crippen molar-refractivity contribution in [3.05, 3.63) is 52.1 Å². The highest BCUT2D eigenvalue weighted by Crippen LogP contribution is 2.23. The number of alkyl halides is 3. The smallest absolute Gasteiger partial charge is 0.298 e. The van der Waals surface area contributed by atoms with E-state index in [1.807, 2.05) is 19.1 Å². The number of Topliss-reactive ketones (excluding diaryl/α,β-unsaturated/α-hetero) is 1. The second-order valence-electron chi connectivity index (χ2n) is 6.02. The van der Waals surface area contributed by atoms with Crippen LogP contribution >= 0.6 is 0 Å². The highest BCUT2D eigenvalue weighted by atomic mass is 19.4. The Kier molecular flexibility index (Phi) is 5.77. The van der Waals surface area contributed by atoms with Gasteiger partial charge in [0.1, 0.15) is 11.6 Å². The molecule has 25 heavy (non-hydrogen) atoms. The Bertz CT molecular complexity index is 809. The van der Waals surface area contributed by atoms with Crippen LogP contribution in [0.1, 0.15) is 31.2 Å². The van der Waals surface area contributed by atoms with Crippen molar-refractivity contribution in [3.8, 4) is 11.3 Å². The molecule has 0 fully saturated rings. The molecular formula is C18H19F3N2O2. The van der Waals surface area contributed by atoms with E-state index < -0.39 is 18.2 Å². The number of carbonyl (C=O) groups excluding carboxylic acids is 1. The summed E-state index contributed by atoms with van der Waals surface area (Å²) in [5.41, 5.74) is 1.70. The van der Waals surface area contributed by atoms with Gasteiger partial charge in [0.2, 0.25) is 0 Å². The summed E-state index contributed by atoms with van der Waals surface area (Å²) in [5, 5.41) is 0. The van der Waals surface area contributed by atoms with Crippen LogP contribution in [0.2, 0.25) is 0 Å². The summed E-state index contributed by atoms with van der Waals surface area (Å²) in [6, 6.07) is 8.63. The fourth-order valence-corrected chi connectivity index (χ4v) is 2.46. The zero-order valence-electron chi connectivity index (χ0n) is 14.1. The van der Waals surface area contributed by atoms with Crippen molar-refractivity contribution in [2.75, 3.05) is 0 Å². The lowest BCUT2D eigenvalue weighted by molar-refractivity contribution is -0.135. The molecule has 0 aliphatic rings. The van der Waals surface area contributed by atoms with Gasteiger partial charge in [0.25, 0.3) is 5.56 Å². The standard InChI is InChI=1S/C18H19F3N2O2/c1-12-5-7-14(8-6-12)15-10-17(25)23(11-13(2)24)16(22-15)4-3-9-18(19,20)21/h5-8,10H,3-4,9,11H2,1-2H3. The maximum absolute atomic E-state index is 12.4. The van der Waals surface area contributed by atoms with Crippen molar-refractivity contribution in [1.82, 2.24) is 9.55 Å². The van der Waals surface area contributed by atoms with Crippen molar-refractivity contribution < 1.29 is 18.0 Å². The quantitative estimate of drug-likeness (QED) is 0.797. The molecule has 0 atom stereocenters. The zero-order valence-corrected chi connectivity index (χ0v) is 14.1. The van der Waals surface area contributed by atoms with Crippen LogP contribution in [-0.2, 0) is 17.8 Å². The van der Waals surface area contributed by atoms with Crippen LogP contribution in [0.25, 0.3) is 11.3 Å². The van der Waals surface area contributed by atoms with Gasteiger partial charge in [-0.1, -0.05) is 29.8 Å². The third-order valence-corrected chi connectivity index (χ3v) is 3.68. The van der Waals surface area contributed by atoms with Gasteiger partial charge in [-0.2, -0.15) is 13.2 Å². The average Bonchev–Trinajstić information content (AvgIpc) is 2.49. The first-order valence-electron chi connectivity index (χ1n) is 7.90. The SMILES string of the molecule is CC(=O)Cn1c(CCCC(F)(F)F)nc(-c2ccc(C)cc2)cc1=O. The van der Waals surface area contributed by atoms with E-state index in [0.29, 0.717) is 11.3 Å². The number of ketones is 1. The summed E-state index contributed by atoms with van der Waals surface area (Å²) in [4.78, 5) is 28.1. The molecule has 0 radical (unpaired) electrons. The summed E-state index contributed by atoms with van der Waals surface area (Å²) < 4.78 is 38.3. The Hall–Kier alpha value is -2.44. The lowest BCUT2D eigenvalue weighted by Gasteiger charge is -2.13. The highest BCUT2D eigenvalue weighted by molar-refractivity contribution is 5.75. The van der Waals surface area contributed by atoms with E-state index in [-0.39, 0.29) is 31.0 Å². The molecule has 0 aliphatic heterocycles. The lowest BCUT2D eigenvalue weighted by atomic mass is 10.1. The van der Waals surface area contributed by atoms with Gasteiger partial charge in [-0.25, -0.2) is 4.98 Å². The number of aryl methyl sites for hydroxylation is 2. The number of aromatic nitrogens is 2. The molecule has 0 saturated heterocycles. The average molecular weight is 352 g/mol. The van der Waals surface area contributed by atoms with Crippen molar-refractivity contribution in [1.29, 1.82) is 0 Å². The van der Waals surface area contributed by atoms with Gasteiger partial charge in [0.05, 0.1) is 12.2 Å². The summed E-state index contributed by atoms with van der Waals surface area (Å²) in [7, 11) is 0. The molecule has 134 valence electrons. The van der Waals surface area contributed by atoms with Gasteiger partial charge in [-0.15, -0.1) is 0 Å². The number of nitrogens with zero attached hydrogens (tertiary/aromatic N) is 2. The molecule has 2 rings (SSSR count). The van der Waals surface area contributed by atoms with Crippen LogP contribution < -0.4 is 5.56 Å². The Morgan fingerprint density at radius 3 is 2.40 bits per heavy atom. The first kappa shape index (κ1) is 18.9. The van der Waals surface area contributed by atoms with Gasteiger partial charge in [0.15, 0.2) is 0 Å². The molecule has 0 aliphatic carbocycles. The molecule has 0 unspecified atom stereocenters. The minimum absolute atomic E-state index is 0.0261. The highest BCUT2D eigenvalue weighted by Gasteiger charge is 2.26. The topological polar surface area (TPSA) is 52.0 Å². The van der Waals surface area contributed by atoms with E-state index >= 15 is 0 Å². The first-order chi connectivity index (χ1) is 11.7. The zero-order chi connectivity index (χ0) is 18.6. The summed E-state index contributed by atoms with van der Waals surface area (Å²) in [6.07, 6.45) is -5.44. The van der Waals surface area contributed by atoms with Crippen molar-refractivity contribution in [3.63, 3.8) is 0 Å². The second kappa shape index (κ2) is 7.63. The van der Waals surface area contributed by atoms with Crippen molar-refractivity contribution >= 4 is 5.78 Å². The number of halogens is 3. The number of hydrogen-bond acceptors (Lipinski definition) is 3. The van der Waals surface area contributed by atoms with Crippen LogP contribution in [0.5, 0.6) is 0 Å². The molecule has 2 aromatic rings. The van der Waals surface area contributed by atoms with Crippen LogP contribution in [0.3, 0.4) is 0 Å². The third kappa shape index (κ3) is 5.55. The van der Waals surface area contributed by atoms with E-state index in [9.17, 15) is 22.8 Å². The third-order valence-electron chi connectivity index (χ3n) is 3.68. The molecule has 0 saturated carbocycles. The Labute approximate surface area is 143 Å². The molecular weight excluding hydrogens is 333 g/mol. The molecule has 1 aromatic carbocycles. The van der Waals surface area contributed by atoms with E-state index in [1.165, 1.54) is 13.0 Å². The number of benzene rings is 1. The van der Waals surface area contributed by atoms with Gasteiger partial charge in [-0.05, 0) is 20.3 Å². The molecule has 0 amide bonds. The summed E-state index contributed by atoms with van der Waals surface area (Å²) in [5.74, 6) is -0.0633. The fourth-order valence-electron chi connectivity index (χ4n) is 2.46. The van der Waals surface area contributed by atoms with E-state index in [1.54, 1.807) is 12.1 Å². The predicted octanol–water partition coefficient (Wildman–Crippen LogP) is 3.69. The van der Waals surface area contributed by atoms with Crippen molar-refractivity contribution in [2.24, 2.45) is 0 Å². The lowest BCUT2D eigenvalue weighted by Crippen LogP contribution is -2.27.